The molecule has 6 N–H and O–H groups in total. The lowest BCUT2D eigenvalue weighted by Crippen LogP contribution is -2.80. The molecule has 0 aromatic carbocycles. The molecule has 2 aliphatic heterocycles. The molecule has 4 amide bonds. The predicted molar refractivity (Wildman–Crippen MR) is 121 cm³/mol. The summed E-state index contributed by atoms with van der Waals surface area (Å²) in [6.07, 6.45) is -2.73. The Balaban J connectivity index is 2.03. The van der Waals surface area contributed by atoms with Crippen LogP contribution in [0.25, 0.3) is 0 Å². The third kappa shape index (κ3) is 6.37. The summed E-state index contributed by atoms with van der Waals surface area (Å²) in [7, 11) is 1.18. The van der Waals surface area contributed by atoms with E-state index >= 15 is 0 Å². The molecule has 3 atom stereocenters. The van der Waals surface area contributed by atoms with E-state index < -0.39 is 71.5 Å². The minimum absolute atomic E-state index is 0.0369. The summed E-state index contributed by atoms with van der Waals surface area (Å²) in [6.45, 7) is 2.78. The molecule has 1 saturated heterocycles. The number of alkyl carbamates (subject to hydrolysis) is 1. The van der Waals surface area contributed by atoms with Crippen molar-refractivity contribution in [1.82, 2.24) is 15.5 Å². The smallest absolute Gasteiger partial charge is 0.408 e. The number of nitrogens with one attached hydrogen (secondary N) is 2. The maximum atomic E-state index is 13.0. The minimum atomic E-state index is -1.84. The molecule has 0 spiro atoms. The number of carbonyl (C=O) groups is 6. The number of carboxylic acids is 2. The van der Waals surface area contributed by atoms with Crippen LogP contribution in [0.5, 0.6) is 0 Å². The maximum absolute atomic E-state index is 13.0. The van der Waals surface area contributed by atoms with Crippen LogP contribution in [0.1, 0.15) is 33.1 Å². The van der Waals surface area contributed by atoms with Crippen LogP contribution in [-0.4, -0.2) is 93.8 Å². The SMILES string of the molecule is CO[C@@]1(NC(=O)CCCC(NC(=O)OC(C)C)C(=O)O)C(=O)N2C(C(=O)O)=C(COC(N)=O)CS[C@H]21. The number of carbonyl (C=O) groups excluding carboxylic acids is 4. The van der Waals surface area contributed by atoms with Crippen molar-refractivity contribution < 1.29 is 53.2 Å². The Morgan fingerprint density at radius 1 is 1.25 bits per heavy atom. The number of ether oxygens (including phenoxy) is 3. The third-order valence-electron chi connectivity index (χ3n) is 5.18. The average Bonchev–Trinajstić information content (AvgIpc) is 2.78. The zero-order valence-electron chi connectivity index (χ0n) is 19.8. The van der Waals surface area contributed by atoms with E-state index in [9.17, 15) is 39.0 Å². The zero-order valence-corrected chi connectivity index (χ0v) is 20.6. The molecular weight excluding hydrogens is 504 g/mol. The second kappa shape index (κ2) is 11.9. The fourth-order valence-corrected chi connectivity index (χ4v) is 5.02. The van der Waals surface area contributed by atoms with Crippen LogP contribution in [0.4, 0.5) is 9.59 Å². The van der Waals surface area contributed by atoms with Gasteiger partial charge in [0.15, 0.2) is 0 Å². The molecular formula is C20H28N4O11S. The molecule has 2 aliphatic rings. The lowest BCUT2D eigenvalue weighted by molar-refractivity contribution is -0.192. The van der Waals surface area contributed by atoms with Gasteiger partial charge in [0, 0.05) is 24.9 Å². The van der Waals surface area contributed by atoms with Gasteiger partial charge >= 0.3 is 24.1 Å². The lowest BCUT2D eigenvalue weighted by Gasteiger charge is -2.55. The summed E-state index contributed by atoms with van der Waals surface area (Å²) in [5, 5.41) is 22.7. The third-order valence-corrected chi connectivity index (χ3v) is 6.55. The number of aliphatic carboxylic acids is 2. The maximum Gasteiger partial charge on any atom is 0.408 e. The number of carboxylic acid groups (broad SMARTS) is 2. The molecule has 15 nitrogen and oxygen atoms in total. The molecule has 0 aliphatic carbocycles. The van der Waals surface area contributed by atoms with Crippen molar-refractivity contribution in [3.05, 3.63) is 11.3 Å². The van der Waals surface area contributed by atoms with Gasteiger partial charge in [-0.3, -0.25) is 14.5 Å². The number of hydrogen-bond donors (Lipinski definition) is 5. The van der Waals surface area contributed by atoms with E-state index in [-0.39, 0.29) is 30.6 Å². The van der Waals surface area contributed by atoms with E-state index in [1.807, 2.05) is 0 Å². The fraction of sp³-hybridized carbons (Fsp3) is 0.600. The normalized spacial score (nSPS) is 21.7. The Kier molecular flexibility index (Phi) is 9.52. The van der Waals surface area contributed by atoms with E-state index in [0.717, 1.165) is 16.7 Å². The highest BCUT2D eigenvalue weighted by Crippen LogP contribution is 2.46. The molecule has 0 aromatic heterocycles. The van der Waals surface area contributed by atoms with E-state index in [2.05, 4.69) is 15.4 Å². The molecule has 0 saturated carbocycles. The summed E-state index contributed by atoms with van der Waals surface area (Å²) in [5.41, 5.74) is 2.84. The number of thioether (sulfide) groups is 1. The molecule has 1 unspecified atom stereocenters. The number of fused-ring (bicyclic) bond motifs is 1. The number of amides is 4. The highest BCUT2D eigenvalue weighted by atomic mass is 32.2. The van der Waals surface area contributed by atoms with E-state index in [0.29, 0.717) is 0 Å². The predicted octanol–water partition coefficient (Wildman–Crippen LogP) is -0.447. The summed E-state index contributed by atoms with van der Waals surface area (Å²) < 4.78 is 14.8. The van der Waals surface area contributed by atoms with Gasteiger partial charge < -0.3 is 40.8 Å². The number of primary amides is 1. The topological polar surface area (TPSA) is 224 Å². The van der Waals surface area contributed by atoms with Crippen LogP contribution in [0, 0.1) is 0 Å². The molecule has 200 valence electrons. The first kappa shape index (κ1) is 28.7. The summed E-state index contributed by atoms with van der Waals surface area (Å²) in [4.78, 5) is 72.2. The Morgan fingerprint density at radius 3 is 2.44 bits per heavy atom. The Morgan fingerprint density at radius 2 is 1.92 bits per heavy atom. The first-order valence-corrected chi connectivity index (χ1v) is 11.8. The molecule has 0 radical (unpaired) electrons. The van der Waals surface area contributed by atoms with Gasteiger partial charge in [0.25, 0.3) is 11.6 Å². The van der Waals surface area contributed by atoms with Crippen molar-refractivity contribution in [2.24, 2.45) is 5.73 Å². The number of methoxy groups -OCH3 is 1. The summed E-state index contributed by atoms with van der Waals surface area (Å²) in [6, 6.07) is -1.29. The molecule has 16 heteroatoms. The number of nitrogens with zero attached hydrogens (tertiary/aromatic N) is 1. The minimum Gasteiger partial charge on any atom is -0.480 e. The van der Waals surface area contributed by atoms with Gasteiger partial charge in [0.1, 0.15) is 23.7 Å². The number of rotatable bonds is 12. The summed E-state index contributed by atoms with van der Waals surface area (Å²) >= 11 is 1.09. The van der Waals surface area contributed by atoms with Crippen molar-refractivity contribution in [2.75, 3.05) is 19.5 Å². The standard InChI is InChI=1S/C20H28N4O11S/c1-9(2)35-19(32)22-11(14(26)27)5-4-6-12(25)23-20(33-3)16(30)24-13(15(28)29)10(7-34-18(21)31)8-36-17(20)24/h9,11,17H,4-8H2,1-3H3,(H2,21,31)(H,22,32)(H,23,25)(H,26,27)(H,28,29)/t11?,17-,20-/m0/s1. The second-order valence-corrected chi connectivity index (χ2v) is 9.14. The van der Waals surface area contributed by atoms with Crippen molar-refractivity contribution in [3.8, 4) is 0 Å². The lowest BCUT2D eigenvalue weighted by atomic mass is 9.97. The van der Waals surface area contributed by atoms with Gasteiger partial charge in [-0.15, -0.1) is 11.8 Å². The van der Waals surface area contributed by atoms with Crippen LogP contribution in [0.3, 0.4) is 0 Å². The van der Waals surface area contributed by atoms with Crippen LogP contribution >= 0.6 is 11.8 Å². The number of hydrogen-bond acceptors (Lipinski definition) is 10. The van der Waals surface area contributed by atoms with Gasteiger partial charge in [-0.05, 0) is 26.7 Å². The Bertz CT molecular complexity index is 969. The van der Waals surface area contributed by atoms with Gasteiger partial charge in [-0.2, -0.15) is 0 Å². The quantitative estimate of drug-likeness (QED) is 0.159. The zero-order chi connectivity index (χ0) is 27.2. The van der Waals surface area contributed by atoms with Crippen LogP contribution in [-0.2, 0) is 33.4 Å². The molecule has 2 heterocycles. The van der Waals surface area contributed by atoms with Crippen LogP contribution in [0.2, 0.25) is 0 Å². The van der Waals surface area contributed by atoms with E-state index in [1.54, 1.807) is 13.8 Å². The number of nitrogens with two attached hydrogens (primary N) is 1. The monoisotopic (exact) mass is 532 g/mol. The molecule has 1 fully saturated rings. The van der Waals surface area contributed by atoms with E-state index in [1.165, 1.54) is 7.11 Å². The molecule has 2 rings (SSSR count). The van der Waals surface area contributed by atoms with Crippen molar-refractivity contribution in [3.63, 3.8) is 0 Å². The average molecular weight is 533 g/mol. The van der Waals surface area contributed by atoms with Crippen molar-refractivity contribution in [1.29, 1.82) is 0 Å². The van der Waals surface area contributed by atoms with Gasteiger partial charge in [-0.25, -0.2) is 19.2 Å². The van der Waals surface area contributed by atoms with Crippen molar-refractivity contribution >= 4 is 47.7 Å². The first-order chi connectivity index (χ1) is 16.8. The molecule has 0 bridgehead atoms. The van der Waals surface area contributed by atoms with Crippen LogP contribution < -0.4 is 16.4 Å². The van der Waals surface area contributed by atoms with Gasteiger partial charge in [0.05, 0.1) is 6.10 Å². The highest BCUT2D eigenvalue weighted by Gasteiger charge is 2.66. The second-order valence-electron chi connectivity index (χ2n) is 8.07. The fourth-order valence-electron chi connectivity index (χ4n) is 3.60. The first-order valence-electron chi connectivity index (χ1n) is 10.7. The number of β-lactam (4-membered cyclic amide) rings is 1. The van der Waals surface area contributed by atoms with Gasteiger partial charge in [-0.1, -0.05) is 0 Å². The van der Waals surface area contributed by atoms with Crippen molar-refractivity contribution in [2.45, 2.75) is 56.4 Å². The highest BCUT2D eigenvalue weighted by molar-refractivity contribution is 8.00. The largest absolute Gasteiger partial charge is 0.480 e. The molecule has 36 heavy (non-hydrogen) atoms. The van der Waals surface area contributed by atoms with Crippen LogP contribution in [0.15, 0.2) is 11.3 Å². The Labute approximate surface area is 209 Å². The van der Waals surface area contributed by atoms with Gasteiger partial charge in [0.2, 0.25) is 5.91 Å². The van der Waals surface area contributed by atoms with E-state index in [4.69, 9.17) is 15.2 Å². The Hall–Kier alpha value is -3.53. The molecule has 0 aromatic rings. The summed E-state index contributed by atoms with van der Waals surface area (Å²) in [5.74, 6) is -4.18.